The highest BCUT2D eigenvalue weighted by atomic mass is 19.1. The van der Waals surface area contributed by atoms with Gasteiger partial charge in [-0.1, -0.05) is 0 Å². The molecule has 3 aromatic rings. The maximum atomic E-state index is 13.7. The summed E-state index contributed by atoms with van der Waals surface area (Å²) in [7, 11) is 0. The van der Waals surface area contributed by atoms with Gasteiger partial charge in [-0.15, -0.1) is 0 Å². The van der Waals surface area contributed by atoms with Crippen molar-refractivity contribution >= 4 is 40.2 Å². The van der Waals surface area contributed by atoms with Crippen molar-refractivity contribution in [2.24, 2.45) is 0 Å². The molecule has 2 N–H and O–H groups in total. The number of hydrogen-bond donors (Lipinski definition) is 2. The van der Waals surface area contributed by atoms with E-state index in [0.29, 0.717) is 5.52 Å². The van der Waals surface area contributed by atoms with E-state index in [4.69, 9.17) is 9.15 Å². The van der Waals surface area contributed by atoms with E-state index >= 15 is 0 Å². The SMILES string of the molecule is CC(C)(C)OC(=O)Nc1ccc(F)cc1NC(=O)CCCn1c(=O)oc2cc([N+](=O)[O-])ccc21. The molecule has 0 aliphatic rings. The van der Waals surface area contributed by atoms with E-state index < -0.39 is 34.1 Å². The van der Waals surface area contributed by atoms with E-state index in [1.165, 1.54) is 22.8 Å². The van der Waals surface area contributed by atoms with Crippen LogP contribution in [0.2, 0.25) is 0 Å². The van der Waals surface area contributed by atoms with Gasteiger partial charge >= 0.3 is 11.8 Å². The summed E-state index contributed by atoms with van der Waals surface area (Å²) in [6.45, 7) is 5.18. The molecule has 180 valence electrons. The molecule has 0 saturated carbocycles. The normalized spacial score (nSPS) is 11.3. The van der Waals surface area contributed by atoms with Gasteiger partial charge in [0.05, 0.1) is 27.9 Å². The minimum Gasteiger partial charge on any atom is -0.444 e. The summed E-state index contributed by atoms with van der Waals surface area (Å²) in [6, 6.07) is 7.30. The van der Waals surface area contributed by atoms with Gasteiger partial charge in [-0.3, -0.25) is 24.8 Å². The Kier molecular flexibility index (Phi) is 6.99. The highest BCUT2D eigenvalue weighted by molar-refractivity contribution is 5.97. The molecule has 0 bridgehead atoms. The summed E-state index contributed by atoms with van der Waals surface area (Å²) in [5.74, 6) is -1.80. The minimum atomic E-state index is -0.763. The first-order valence-corrected chi connectivity index (χ1v) is 10.3. The third kappa shape index (κ3) is 6.18. The first kappa shape index (κ1) is 24.4. The van der Waals surface area contributed by atoms with Crippen LogP contribution >= 0.6 is 0 Å². The smallest absolute Gasteiger partial charge is 0.419 e. The molecule has 2 aromatic carbocycles. The summed E-state index contributed by atoms with van der Waals surface area (Å²) in [5, 5.41) is 15.9. The Morgan fingerprint density at radius 3 is 2.56 bits per heavy atom. The van der Waals surface area contributed by atoms with Crippen LogP contribution in [0.25, 0.3) is 11.1 Å². The van der Waals surface area contributed by atoms with Gasteiger partial charge in [-0.25, -0.2) is 14.0 Å². The lowest BCUT2D eigenvalue weighted by Gasteiger charge is -2.20. The van der Waals surface area contributed by atoms with Crippen LogP contribution in [-0.4, -0.2) is 27.1 Å². The summed E-state index contributed by atoms with van der Waals surface area (Å²) in [5.41, 5.74) is -0.310. The van der Waals surface area contributed by atoms with Gasteiger partial charge in [0.2, 0.25) is 5.91 Å². The fraction of sp³-hybridized carbons (Fsp3) is 0.318. The molecular formula is C22H23FN4O7. The van der Waals surface area contributed by atoms with E-state index in [2.05, 4.69) is 10.6 Å². The average molecular weight is 474 g/mol. The van der Waals surface area contributed by atoms with Crippen molar-refractivity contribution < 1.29 is 28.1 Å². The second kappa shape index (κ2) is 9.73. The van der Waals surface area contributed by atoms with Crippen molar-refractivity contribution in [3.63, 3.8) is 0 Å². The Morgan fingerprint density at radius 2 is 1.88 bits per heavy atom. The van der Waals surface area contributed by atoms with Crippen LogP contribution in [0, 0.1) is 15.9 Å². The average Bonchev–Trinajstić information content (AvgIpc) is 3.03. The van der Waals surface area contributed by atoms with Gasteiger partial charge in [0.25, 0.3) is 5.69 Å². The van der Waals surface area contributed by atoms with Crippen LogP contribution < -0.4 is 16.4 Å². The molecule has 0 aliphatic carbocycles. The molecule has 0 spiro atoms. The third-order valence-corrected chi connectivity index (χ3v) is 4.54. The van der Waals surface area contributed by atoms with Crippen molar-refractivity contribution in [3.8, 4) is 0 Å². The Bertz CT molecular complexity index is 1310. The number of aryl methyl sites for hydroxylation is 1. The summed E-state index contributed by atoms with van der Waals surface area (Å²) in [6.07, 6.45) is -0.572. The number of nitro groups is 1. The molecule has 0 unspecified atom stereocenters. The Morgan fingerprint density at radius 1 is 1.15 bits per heavy atom. The highest BCUT2D eigenvalue weighted by Crippen LogP contribution is 2.24. The summed E-state index contributed by atoms with van der Waals surface area (Å²) >= 11 is 0. The molecule has 2 amide bonds. The number of oxazole rings is 1. The Hall–Kier alpha value is -4.22. The van der Waals surface area contributed by atoms with Crippen LogP contribution in [0.15, 0.2) is 45.6 Å². The van der Waals surface area contributed by atoms with E-state index in [-0.39, 0.29) is 42.0 Å². The molecule has 0 atom stereocenters. The third-order valence-electron chi connectivity index (χ3n) is 4.54. The number of hydrogen-bond acceptors (Lipinski definition) is 7. The molecule has 1 aromatic heterocycles. The van der Waals surface area contributed by atoms with Gasteiger partial charge in [-0.05, 0) is 51.5 Å². The Labute approximate surface area is 192 Å². The topological polar surface area (TPSA) is 146 Å². The number of benzene rings is 2. The van der Waals surface area contributed by atoms with Crippen LogP contribution in [0.5, 0.6) is 0 Å². The zero-order valence-electron chi connectivity index (χ0n) is 18.7. The number of halogens is 1. The number of nitro benzene ring substituents is 1. The van der Waals surface area contributed by atoms with Gasteiger partial charge in [0.15, 0.2) is 5.58 Å². The maximum Gasteiger partial charge on any atom is 0.419 e. The number of rotatable bonds is 7. The van der Waals surface area contributed by atoms with Crippen LogP contribution in [0.1, 0.15) is 33.6 Å². The molecular weight excluding hydrogens is 451 g/mol. The van der Waals surface area contributed by atoms with Crippen molar-refractivity contribution in [3.05, 3.63) is 62.9 Å². The second-order valence-electron chi connectivity index (χ2n) is 8.40. The largest absolute Gasteiger partial charge is 0.444 e. The zero-order chi connectivity index (χ0) is 25.0. The van der Waals surface area contributed by atoms with Gasteiger partial charge in [0, 0.05) is 19.0 Å². The van der Waals surface area contributed by atoms with Gasteiger partial charge < -0.3 is 14.5 Å². The van der Waals surface area contributed by atoms with Gasteiger partial charge in [0.1, 0.15) is 11.4 Å². The Balaban J connectivity index is 1.64. The van der Waals surface area contributed by atoms with Crippen LogP contribution in [-0.2, 0) is 16.1 Å². The molecule has 0 aliphatic heterocycles. The standard InChI is InChI=1S/C22H23FN4O7/c1-22(2,3)34-20(29)25-15-8-6-13(23)11-16(15)24-19(28)5-4-10-26-17-9-7-14(27(31)32)12-18(17)33-21(26)30/h6-9,11-12H,4-5,10H2,1-3H3,(H,24,28)(H,25,29). The number of ether oxygens (including phenoxy) is 1. The molecule has 0 radical (unpaired) electrons. The molecule has 12 heteroatoms. The number of non-ortho nitro benzene ring substituents is 1. The molecule has 3 rings (SSSR count). The predicted molar refractivity (Wildman–Crippen MR) is 121 cm³/mol. The fourth-order valence-electron chi connectivity index (χ4n) is 3.13. The maximum absolute atomic E-state index is 13.7. The second-order valence-corrected chi connectivity index (χ2v) is 8.40. The van der Waals surface area contributed by atoms with E-state index in [9.17, 15) is 28.9 Å². The molecule has 11 nitrogen and oxygen atoms in total. The number of amides is 2. The lowest BCUT2D eigenvalue weighted by atomic mass is 10.2. The van der Waals surface area contributed by atoms with Crippen molar-refractivity contribution in [1.29, 1.82) is 0 Å². The molecule has 0 fully saturated rings. The first-order valence-electron chi connectivity index (χ1n) is 10.3. The lowest BCUT2D eigenvalue weighted by Crippen LogP contribution is -2.27. The molecule has 34 heavy (non-hydrogen) atoms. The molecule has 1 heterocycles. The summed E-state index contributed by atoms with van der Waals surface area (Å²) in [4.78, 5) is 46.8. The monoisotopic (exact) mass is 474 g/mol. The summed E-state index contributed by atoms with van der Waals surface area (Å²) < 4.78 is 25.2. The van der Waals surface area contributed by atoms with Crippen molar-refractivity contribution in [2.75, 3.05) is 10.6 Å². The zero-order valence-corrected chi connectivity index (χ0v) is 18.7. The van der Waals surface area contributed by atoms with E-state index in [1.54, 1.807) is 20.8 Å². The quantitative estimate of drug-likeness (QED) is 0.381. The lowest BCUT2D eigenvalue weighted by molar-refractivity contribution is -0.384. The first-order chi connectivity index (χ1) is 15.9. The van der Waals surface area contributed by atoms with E-state index in [0.717, 1.165) is 18.2 Å². The number of anilines is 2. The van der Waals surface area contributed by atoms with Crippen LogP contribution in [0.3, 0.4) is 0 Å². The number of aromatic nitrogens is 1. The number of fused-ring (bicyclic) bond motifs is 1. The fourth-order valence-corrected chi connectivity index (χ4v) is 3.13. The number of carbonyl (C=O) groups is 2. The number of carbonyl (C=O) groups excluding carboxylic acids is 2. The number of nitrogens with zero attached hydrogens (tertiary/aromatic N) is 2. The highest BCUT2D eigenvalue weighted by Gasteiger charge is 2.18. The van der Waals surface area contributed by atoms with Crippen molar-refractivity contribution in [2.45, 2.75) is 45.8 Å². The predicted octanol–water partition coefficient (Wildman–Crippen LogP) is 4.41. The number of nitrogens with one attached hydrogen (secondary N) is 2. The van der Waals surface area contributed by atoms with Crippen molar-refractivity contribution in [1.82, 2.24) is 4.57 Å². The van der Waals surface area contributed by atoms with Gasteiger partial charge in [-0.2, -0.15) is 0 Å². The van der Waals surface area contributed by atoms with Crippen LogP contribution in [0.4, 0.5) is 26.2 Å². The molecule has 0 saturated heterocycles. The van der Waals surface area contributed by atoms with E-state index in [1.807, 2.05) is 0 Å². The minimum absolute atomic E-state index is 0.0332.